The fourth-order valence-electron chi connectivity index (χ4n) is 2.72. The lowest BCUT2D eigenvalue weighted by molar-refractivity contribution is 0.412. The second kappa shape index (κ2) is 6.11. The van der Waals surface area contributed by atoms with Gasteiger partial charge in [-0.15, -0.1) is 0 Å². The van der Waals surface area contributed by atoms with Gasteiger partial charge in [-0.2, -0.15) is 5.10 Å². The van der Waals surface area contributed by atoms with Gasteiger partial charge in [0.05, 0.1) is 19.0 Å². The van der Waals surface area contributed by atoms with Crippen molar-refractivity contribution < 1.29 is 4.74 Å². The molecule has 1 saturated heterocycles. The summed E-state index contributed by atoms with van der Waals surface area (Å²) in [6.45, 7) is 2.05. The average Bonchev–Trinajstić information content (AvgIpc) is 2.77. The first kappa shape index (κ1) is 13.9. The zero-order chi connectivity index (χ0) is 14.7. The summed E-state index contributed by atoms with van der Waals surface area (Å²) in [5, 5.41) is 4.21. The lowest BCUT2D eigenvalue weighted by atomic mass is 10.2. The predicted molar refractivity (Wildman–Crippen MR) is 81.5 cm³/mol. The van der Waals surface area contributed by atoms with Crippen molar-refractivity contribution >= 4 is 5.95 Å². The van der Waals surface area contributed by atoms with Crippen LogP contribution in [0.3, 0.4) is 0 Å². The first-order valence-corrected chi connectivity index (χ1v) is 7.44. The molecule has 0 radical (unpaired) electrons. The quantitative estimate of drug-likeness (QED) is 0.866. The highest BCUT2D eigenvalue weighted by atomic mass is 16.5. The van der Waals surface area contributed by atoms with E-state index in [2.05, 4.69) is 15.0 Å². The molecular formula is C15H21N5O. The van der Waals surface area contributed by atoms with E-state index in [1.54, 1.807) is 24.2 Å². The number of ether oxygens (including phenoxy) is 1. The lowest BCUT2D eigenvalue weighted by Gasteiger charge is -2.21. The van der Waals surface area contributed by atoms with Crippen molar-refractivity contribution in [3.63, 3.8) is 0 Å². The minimum absolute atomic E-state index is 0.678. The molecule has 6 nitrogen and oxygen atoms in total. The Bertz CT molecular complexity index is 602. The van der Waals surface area contributed by atoms with Crippen molar-refractivity contribution in [2.75, 3.05) is 25.1 Å². The van der Waals surface area contributed by atoms with Gasteiger partial charge in [0.2, 0.25) is 5.95 Å². The molecule has 2 aromatic rings. The van der Waals surface area contributed by atoms with E-state index in [1.807, 2.05) is 13.1 Å². The topological polar surface area (TPSA) is 56.1 Å². The van der Waals surface area contributed by atoms with Crippen LogP contribution in [0.1, 0.15) is 25.7 Å². The van der Waals surface area contributed by atoms with Gasteiger partial charge in [-0.25, -0.2) is 9.97 Å². The van der Waals surface area contributed by atoms with Crippen LogP contribution in [0, 0.1) is 0 Å². The molecule has 0 atom stereocenters. The maximum atomic E-state index is 5.41. The highest BCUT2D eigenvalue weighted by molar-refractivity contribution is 5.63. The summed E-state index contributed by atoms with van der Waals surface area (Å²) in [7, 11) is 3.55. The van der Waals surface area contributed by atoms with Crippen LogP contribution in [0.5, 0.6) is 5.75 Å². The number of hydrogen-bond acceptors (Lipinski definition) is 5. The number of nitrogens with zero attached hydrogens (tertiary/aromatic N) is 5. The summed E-state index contributed by atoms with van der Waals surface area (Å²) in [5.41, 5.74) is 1.73. The van der Waals surface area contributed by atoms with E-state index in [0.717, 1.165) is 30.4 Å². The average molecular weight is 287 g/mol. The van der Waals surface area contributed by atoms with Gasteiger partial charge in [-0.1, -0.05) is 12.8 Å². The normalized spacial score (nSPS) is 15.8. The third-order valence-corrected chi connectivity index (χ3v) is 3.91. The van der Waals surface area contributed by atoms with Crippen LogP contribution in [0.2, 0.25) is 0 Å². The Morgan fingerprint density at radius 2 is 1.90 bits per heavy atom. The molecule has 21 heavy (non-hydrogen) atoms. The largest absolute Gasteiger partial charge is 0.493 e. The van der Waals surface area contributed by atoms with Crippen molar-refractivity contribution in [2.24, 2.45) is 7.05 Å². The van der Waals surface area contributed by atoms with Crippen LogP contribution < -0.4 is 9.64 Å². The standard InChI is InChI=1S/C15H21N5O/c1-19-12(7-8-17-19)14-13(21-2)11-16-15(18-14)20-9-5-3-4-6-10-20/h7-8,11H,3-6,9-10H2,1-2H3. The van der Waals surface area contributed by atoms with E-state index in [9.17, 15) is 0 Å². The smallest absolute Gasteiger partial charge is 0.226 e. The predicted octanol–water partition coefficient (Wildman–Crippen LogP) is 2.27. The Hall–Kier alpha value is -2.11. The molecule has 6 heteroatoms. The van der Waals surface area contributed by atoms with Gasteiger partial charge in [0.1, 0.15) is 5.69 Å². The molecule has 3 rings (SSSR count). The number of rotatable bonds is 3. The van der Waals surface area contributed by atoms with Crippen molar-refractivity contribution in [3.05, 3.63) is 18.5 Å². The highest BCUT2D eigenvalue weighted by Gasteiger charge is 2.17. The molecule has 1 fully saturated rings. The van der Waals surface area contributed by atoms with Crippen LogP contribution in [-0.2, 0) is 7.05 Å². The lowest BCUT2D eigenvalue weighted by Crippen LogP contribution is -2.26. The number of aryl methyl sites for hydroxylation is 1. The van der Waals surface area contributed by atoms with Crippen LogP contribution >= 0.6 is 0 Å². The second-order valence-electron chi connectivity index (χ2n) is 5.33. The first-order valence-electron chi connectivity index (χ1n) is 7.44. The Morgan fingerprint density at radius 3 is 2.52 bits per heavy atom. The van der Waals surface area contributed by atoms with Crippen LogP contribution in [-0.4, -0.2) is 39.9 Å². The molecule has 0 spiro atoms. The number of aromatic nitrogens is 4. The molecule has 1 aliphatic heterocycles. The highest BCUT2D eigenvalue weighted by Crippen LogP contribution is 2.28. The van der Waals surface area contributed by atoms with E-state index in [4.69, 9.17) is 9.72 Å². The summed E-state index contributed by atoms with van der Waals surface area (Å²) in [6, 6.07) is 1.94. The Morgan fingerprint density at radius 1 is 1.14 bits per heavy atom. The van der Waals surface area contributed by atoms with E-state index in [-0.39, 0.29) is 0 Å². The monoisotopic (exact) mass is 287 g/mol. The van der Waals surface area contributed by atoms with Crippen molar-refractivity contribution in [1.29, 1.82) is 0 Å². The third-order valence-electron chi connectivity index (χ3n) is 3.91. The third kappa shape index (κ3) is 2.84. The molecule has 0 amide bonds. The van der Waals surface area contributed by atoms with Gasteiger partial charge >= 0.3 is 0 Å². The number of hydrogen-bond donors (Lipinski definition) is 0. The molecule has 0 aromatic carbocycles. The maximum absolute atomic E-state index is 5.41. The molecule has 0 bridgehead atoms. The summed E-state index contributed by atoms with van der Waals surface area (Å²) in [4.78, 5) is 11.5. The fraction of sp³-hybridized carbons (Fsp3) is 0.533. The first-order chi connectivity index (χ1) is 10.3. The van der Waals surface area contributed by atoms with Gasteiger partial charge < -0.3 is 9.64 Å². The molecule has 0 saturated carbocycles. The second-order valence-corrected chi connectivity index (χ2v) is 5.33. The molecule has 112 valence electrons. The van der Waals surface area contributed by atoms with Crippen LogP contribution in [0.25, 0.3) is 11.4 Å². The molecular weight excluding hydrogens is 266 g/mol. The Labute approximate surface area is 124 Å². The van der Waals surface area contributed by atoms with Gasteiger partial charge in [0.15, 0.2) is 5.75 Å². The molecule has 0 aliphatic carbocycles. The van der Waals surface area contributed by atoms with E-state index in [0.29, 0.717) is 5.75 Å². The minimum Gasteiger partial charge on any atom is -0.493 e. The van der Waals surface area contributed by atoms with E-state index in [1.165, 1.54) is 25.7 Å². The van der Waals surface area contributed by atoms with E-state index >= 15 is 0 Å². The van der Waals surface area contributed by atoms with Crippen molar-refractivity contribution in [1.82, 2.24) is 19.7 Å². The number of methoxy groups -OCH3 is 1. The van der Waals surface area contributed by atoms with Gasteiger partial charge in [-0.3, -0.25) is 4.68 Å². The SMILES string of the molecule is COc1cnc(N2CCCCCC2)nc1-c1ccnn1C. The molecule has 0 unspecified atom stereocenters. The minimum atomic E-state index is 0.678. The number of anilines is 1. The zero-order valence-corrected chi connectivity index (χ0v) is 12.6. The zero-order valence-electron chi connectivity index (χ0n) is 12.6. The summed E-state index contributed by atoms with van der Waals surface area (Å²) < 4.78 is 7.21. The van der Waals surface area contributed by atoms with Crippen molar-refractivity contribution in [3.8, 4) is 17.1 Å². The molecule has 2 aromatic heterocycles. The van der Waals surface area contributed by atoms with Crippen molar-refractivity contribution in [2.45, 2.75) is 25.7 Å². The van der Waals surface area contributed by atoms with Crippen LogP contribution in [0.15, 0.2) is 18.5 Å². The van der Waals surface area contributed by atoms with E-state index < -0.39 is 0 Å². The summed E-state index contributed by atoms with van der Waals surface area (Å²) in [6.07, 6.45) is 8.52. The molecule has 1 aliphatic rings. The molecule has 0 N–H and O–H groups in total. The summed E-state index contributed by atoms with van der Waals surface area (Å²) >= 11 is 0. The van der Waals surface area contributed by atoms with Gasteiger partial charge in [0.25, 0.3) is 0 Å². The Kier molecular flexibility index (Phi) is 4.03. The van der Waals surface area contributed by atoms with Crippen LogP contribution in [0.4, 0.5) is 5.95 Å². The fourth-order valence-corrected chi connectivity index (χ4v) is 2.72. The summed E-state index contributed by atoms with van der Waals surface area (Å²) in [5.74, 6) is 1.46. The van der Waals surface area contributed by atoms with Gasteiger partial charge in [-0.05, 0) is 18.9 Å². The van der Waals surface area contributed by atoms with Gasteiger partial charge in [0, 0.05) is 26.3 Å². The molecule has 3 heterocycles. The maximum Gasteiger partial charge on any atom is 0.226 e. The Balaban J connectivity index is 1.98.